The van der Waals surface area contributed by atoms with Crippen molar-refractivity contribution in [2.45, 2.75) is 13.3 Å². The van der Waals surface area contributed by atoms with Gasteiger partial charge in [0.05, 0.1) is 6.61 Å². The normalized spacial score (nSPS) is 11.9. The zero-order valence-electron chi connectivity index (χ0n) is 10.8. The number of hydrogen-bond donors (Lipinski definition) is 1. The van der Waals surface area contributed by atoms with Crippen molar-refractivity contribution in [1.82, 2.24) is 0 Å². The lowest BCUT2D eigenvalue weighted by Gasteiger charge is -2.08. The molecule has 1 rings (SSSR count). The second-order valence-corrected chi connectivity index (χ2v) is 3.69. The number of hydrogen-bond acceptors (Lipinski definition) is 5. The van der Waals surface area contributed by atoms with Crippen molar-refractivity contribution in [2.75, 3.05) is 6.61 Å². The van der Waals surface area contributed by atoms with Gasteiger partial charge in [-0.25, -0.2) is 4.79 Å². The van der Waals surface area contributed by atoms with Crippen LogP contribution in [0.2, 0.25) is 0 Å². The zero-order chi connectivity index (χ0) is 16.0. The van der Waals surface area contributed by atoms with Crippen molar-refractivity contribution in [2.24, 2.45) is 0 Å². The van der Waals surface area contributed by atoms with Crippen LogP contribution in [0, 0.1) is 0 Å². The Morgan fingerprint density at radius 1 is 1.24 bits per heavy atom. The van der Waals surface area contributed by atoms with E-state index in [4.69, 9.17) is 0 Å². The van der Waals surface area contributed by atoms with Crippen molar-refractivity contribution >= 4 is 11.8 Å². The molecule has 1 N–H and O–H groups in total. The highest BCUT2D eigenvalue weighted by atomic mass is 19.4. The van der Waals surface area contributed by atoms with Crippen molar-refractivity contribution in [3.8, 4) is 5.75 Å². The van der Waals surface area contributed by atoms with Gasteiger partial charge in [-0.1, -0.05) is 0 Å². The lowest BCUT2D eigenvalue weighted by molar-refractivity contribution is -0.274. The van der Waals surface area contributed by atoms with Gasteiger partial charge < -0.3 is 14.6 Å². The van der Waals surface area contributed by atoms with Crippen LogP contribution in [0.25, 0.3) is 0 Å². The van der Waals surface area contributed by atoms with Crippen LogP contribution in [-0.2, 0) is 9.53 Å². The number of esters is 1. The molecule has 8 heteroatoms. The minimum Gasteiger partial charge on any atom is -0.502 e. The van der Waals surface area contributed by atoms with Crippen LogP contribution in [0.4, 0.5) is 13.2 Å². The topological polar surface area (TPSA) is 72.8 Å². The van der Waals surface area contributed by atoms with Crippen LogP contribution in [0.3, 0.4) is 0 Å². The molecule has 114 valence electrons. The third-order valence-corrected chi connectivity index (χ3v) is 2.12. The third-order valence-electron chi connectivity index (χ3n) is 2.12. The minimum absolute atomic E-state index is 0.0222. The number of carbonyl (C=O) groups is 2. The summed E-state index contributed by atoms with van der Waals surface area (Å²) in [5.74, 6) is -3.21. The fraction of sp³-hybridized carbons (Fsp3) is 0.231. The molecule has 0 bridgehead atoms. The van der Waals surface area contributed by atoms with Gasteiger partial charge in [0.1, 0.15) is 5.75 Å². The predicted molar refractivity (Wildman–Crippen MR) is 64.8 cm³/mol. The molecule has 0 unspecified atom stereocenters. The lowest BCUT2D eigenvalue weighted by atomic mass is 10.1. The first-order valence-electron chi connectivity index (χ1n) is 5.71. The van der Waals surface area contributed by atoms with E-state index in [-0.39, 0.29) is 12.2 Å². The molecule has 21 heavy (non-hydrogen) atoms. The minimum atomic E-state index is -4.83. The Hall–Kier alpha value is -2.51. The van der Waals surface area contributed by atoms with Gasteiger partial charge in [-0.3, -0.25) is 4.79 Å². The van der Waals surface area contributed by atoms with E-state index < -0.39 is 29.6 Å². The Labute approximate surface area is 117 Å². The summed E-state index contributed by atoms with van der Waals surface area (Å²) in [6.45, 7) is 1.54. The van der Waals surface area contributed by atoms with Crippen LogP contribution in [0.1, 0.15) is 17.3 Å². The Balaban J connectivity index is 2.80. The van der Waals surface area contributed by atoms with E-state index in [9.17, 15) is 27.9 Å². The van der Waals surface area contributed by atoms with Gasteiger partial charge in [0, 0.05) is 11.6 Å². The van der Waals surface area contributed by atoms with Crippen molar-refractivity contribution in [1.29, 1.82) is 0 Å². The van der Waals surface area contributed by atoms with Crippen molar-refractivity contribution in [3.63, 3.8) is 0 Å². The van der Waals surface area contributed by atoms with E-state index in [1.807, 2.05) is 0 Å². The summed E-state index contributed by atoms with van der Waals surface area (Å²) in [5, 5.41) is 9.28. The molecule has 5 nitrogen and oxygen atoms in total. The Morgan fingerprint density at radius 3 is 2.29 bits per heavy atom. The summed E-state index contributed by atoms with van der Waals surface area (Å²) < 4.78 is 43.9. The number of benzene rings is 1. The van der Waals surface area contributed by atoms with Gasteiger partial charge in [0.2, 0.25) is 5.76 Å². The smallest absolute Gasteiger partial charge is 0.502 e. The molecule has 0 aliphatic heterocycles. The average Bonchev–Trinajstić information content (AvgIpc) is 2.37. The Kier molecular flexibility index (Phi) is 5.34. The number of aliphatic hydroxyl groups is 1. The first-order valence-corrected chi connectivity index (χ1v) is 5.71. The summed E-state index contributed by atoms with van der Waals surface area (Å²) in [4.78, 5) is 22.7. The summed E-state index contributed by atoms with van der Waals surface area (Å²) in [6, 6.07) is 4.02. The standard InChI is InChI=1S/C13H11F3O5/c1-2-20-12(19)11(18)7-10(17)8-3-5-9(6-4-8)21-13(14,15)16/h3-7,18H,2H2,1H3. The van der Waals surface area contributed by atoms with Gasteiger partial charge in [-0.15, -0.1) is 13.2 Å². The number of alkyl halides is 3. The summed E-state index contributed by atoms with van der Waals surface area (Å²) in [7, 11) is 0. The molecule has 0 saturated heterocycles. The Bertz CT molecular complexity index is 546. The molecule has 0 atom stereocenters. The van der Waals surface area contributed by atoms with Crippen LogP contribution < -0.4 is 4.74 Å². The predicted octanol–water partition coefficient (Wildman–Crippen LogP) is 2.77. The maximum absolute atomic E-state index is 12.0. The molecule has 0 radical (unpaired) electrons. The van der Waals surface area contributed by atoms with E-state index in [1.165, 1.54) is 6.92 Å². The van der Waals surface area contributed by atoms with Gasteiger partial charge >= 0.3 is 12.3 Å². The number of allylic oxidation sites excluding steroid dienone is 1. The third kappa shape index (κ3) is 5.55. The second kappa shape index (κ2) is 6.78. The highest BCUT2D eigenvalue weighted by molar-refractivity contribution is 6.07. The van der Waals surface area contributed by atoms with E-state index >= 15 is 0 Å². The van der Waals surface area contributed by atoms with E-state index in [0.29, 0.717) is 6.08 Å². The summed E-state index contributed by atoms with van der Waals surface area (Å²) >= 11 is 0. The van der Waals surface area contributed by atoms with Crippen LogP contribution in [0.5, 0.6) is 5.75 Å². The molecule has 1 aromatic carbocycles. The van der Waals surface area contributed by atoms with Gasteiger partial charge in [-0.05, 0) is 31.2 Å². The number of rotatable bonds is 5. The largest absolute Gasteiger partial charge is 0.573 e. The average molecular weight is 304 g/mol. The molecular weight excluding hydrogens is 293 g/mol. The number of carbonyl (C=O) groups excluding carboxylic acids is 2. The fourth-order valence-electron chi connectivity index (χ4n) is 1.29. The number of halogens is 3. The quantitative estimate of drug-likeness (QED) is 0.392. The van der Waals surface area contributed by atoms with Crippen molar-refractivity contribution in [3.05, 3.63) is 41.7 Å². The van der Waals surface area contributed by atoms with Crippen LogP contribution in [0.15, 0.2) is 36.1 Å². The molecule has 0 fully saturated rings. The van der Waals surface area contributed by atoms with Gasteiger partial charge in [0.25, 0.3) is 0 Å². The maximum Gasteiger partial charge on any atom is 0.573 e. The van der Waals surface area contributed by atoms with Gasteiger partial charge in [-0.2, -0.15) is 0 Å². The maximum atomic E-state index is 12.0. The zero-order valence-corrected chi connectivity index (χ0v) is 10.8. The van der Waals surface area contributed by atoms with E-state index in [1.54, 1.807) is 0 Å². The highest BCUT2D eigenvalue weighted by Crippen LogP contribution is 2.22. The highest BCUT2D eigenvalue weighted by Gasteiger charge is 2.31. The molecule has 0 spiro atoms. The number of aliphatic hydroxyl groups excluding tert-OH is 1. The first-order chi connectivity index (χ1) is 9.73. The summed E-state index contributed by atoms with van der Waals surface area (Å²) in [6.07, 6.45) is -4.20. The molecule has 0 aliphatic carbocycles. The molecule has 1 aromatic rings. The first kappa shape index (κ1) is 16.5. The number of ether oxygens (including phenoxy) is 2. The fourth-order valence-corrected chi connectivity index (χ4v) is 1.29. The van der Waals surface area contributed by atoms with Gasteiger partial charge in [0.15, 0.2) is 5.78 Å². The monoisotopic (exact) mass is 304 g/mol. The number of ketones is 1. The molecule has 0 heterocycles. The van der Waals surface area contributed by atoms with Crippen LogP contribution in [-0.4, -0.2) is 29.8 Å². The van der Waals surface area contributed by atoms with E-state index in [0.717, 1.165) is 24.3 Å². The lowest BCUT2D eigenvalue weighted by Crippen LogP contribution is -2.17. The molecular formula is C13H11F3O5. The molecule has 0 saturated carbocycles. The molecule has 0 amide bonds. The van der Waals surface area contributed by atoms with Crippen LogP contribution >= 0.6 is 0 Å². The summed E-state index contributed by atoms with van der Waals surface area (Å²) in [5.41, 5.74) is -0.0274. The molecule has 0 aliphatic rings. The molecule has 0 aromatic heterocycles. The van der Waals surface area contributed by atoms with Crippen molar-refractivity contribution < 1.29 is 37.3 Å². The second-order valence-electron chi connectivity index (χ2n) is 3.69. The Morgan fingerprint density at radius 2 is 1.81 bits per heavy atom. The van der Waals surface area contributed by atoms with E-state index in [2.05, 4.69) is 9.47 Å². The SMILES string of the molecule is CCOC(=O)C(O)=CC(=O)c1ccc(OC(F)(F)F)cc1.